The van der Waals surface area contributed by atoms with Crippen molar-refractivity contribution in [2.24, 2.45) is 4.99 Å². The SMILES string of the molecule is COc1ccc(C2=N/C(=C/c3ccccc3OC(=O)c3ccc(Cl)cc3)C(=O)O2)cc1. The van der Waals surface area contributed by atoms with Crippen LogP contribution in [0.3, 0.4) is 0 Å². The van der Waals surface area contributed by atoms with E-state index in [1.54, 1.807) is 79.9 Å². The van der Waals surface area contributed by atoms with Gasteiger partial charge in [0.1, 0.15) is 11.5 Å². The molecule has 1 heterocycles. The summed E-state index contributed by atoms with van der Waals surface area (Å²) in [6.07, 6.45) is 1.52. The smallest absolute Gasteiger partial charge is 0.363 e. The van der Waals surface area contributed by atoms with E-state index in [2.05, 4.69) is 4.99 Å². The van der Waals surface area contributed by atoms with Crippen molar-refractivity contribution in [3.63, 3.8) is 0 Å². The summed E-state index contributed by atoms with van der Waals surface area (Å²) in [5.74, 6) is 0.0230. The molecule has 0 atom stereocenters. The fourth-order valence-corrected chi connectivity index (χ4v) is 2.98. The third kappa shape index (κ3) is 4.65. The van der Waals surface area contributed by atoms with Crippen LogP contribution in [0, 0.1) is 0 Å². The molecule has 3 aromatic rings. The van der Waals surface area contributed by atoms with Crippen molar-refractivity contribution >= 4 is 35.5 Å². The number of esters is 2. The molecule has 0 aliphatic carbocycles. The summed E-state index contributed by atoms with van der Waals surface area (Å²) >= 11 is 5.86. The Labute approximate surface area is 183 Å². The second-order valence-electron chi connectivity index (χ2n) is 6.50. The predicted octanol–water partition coefficient (Wildman–Crippen LogP) is 4.91. The molecule has 0 aromatic heterocycles. The first-order valence-corrected chi connectivity index (χ1v) is 9.65. The number of hydrogen-bond acceptors (Lipinski definition) is 6. The topological polar surface area (TPSA) is 74.2 Å². The molecule has 6 nitrogen and oxygen atoms in total. The molecule has 0 radical (unpaired) electrons. The van der Waals surface area contributed by atoms with E-state index in [9.17, 15) is 9.59 Å². The number of carbonyl (C=O) groups excluding carboxylic acids is 2. The highest BCUT2D eigenvalue weighted by Crippen LogP contribution is 2.26. The first-order chi connectivity index (χ1) is 15.0. The lowest BCUT2D eigenvalue weighted by molar-refractivity contribution is -0.129. The number of para-hydroxylation sites is 1. The van der Waals surface area contributed by atoms with Crippen LogP contribution in [0.4, 0.5) is 0 Å². The first-order valence-electron chi connectivity index (χ1n) is 9.27. The van der Waals surface area contributed by atoms with E-state index in [0.29, 0.717) is 27.5 Å². The van der Waals surface area contributed by atoms with Crippen LogP contribution in [0.15, 0.2) is 83.5 Å². The third-order valence-corrected chi connectivity index (χ3v) is 4.70. The van der Waals surface area contributed by atoms with Gasteiger partial charge in [-0.1, -0.05) is 29.8 Å². The van der Waals surface area contributed by atoms with Gasteiger partial charge in [0.15, 0.2) is 5.70 Å². The average Bonchev–Trinajstić information content (AvgIpc) is 3.15. The summed E-state index contributed by atoms with van der Waals surface area (Å²) in [5.41, 5.74) is 1.60. The van der Waals surface area contributed by atoms with E-state index >= 15 is 0 Å². The second kappa shape index (κ2) is 8.85. The molecule has 1 aliphatic rings. The number of rotatable bonds is 5. The summed E-state index contributed by atoms with van der Waals surface area (Å²) in [7, 11) is 1.57. The zero-order valence-corrected chi connectivity index (χ0v) is 17.1. The molecule has 0 bridgehead atoms. The number of nitrogens with zero attached hydrogens (tertiary/aromatic N) is 1. The Morgan fingerprint density at radius 1 is 1.00 bits per heavy atom. The molecule has 7 heteroatoms. The Kier molecular flexibility index (Phi) is 5.82. The Bertz CT molecular complexity index is 1200. The molecular weight excluding hydrogens is 418 g/mol. The zero-order valence-electron chi connectivity index (χ0n) is 16.4. The molecule has 1 aliphatic heterocycles. The Morgan fingerprint density at radius 3 is 2.42 bits per heavy atom. The number of cyclic esters (lactones) is 1. The van der Waals surface area contributed by atoms with Gasteiger partial charge >= 0.3 is 11.9 Å². The molecule has 154 valence electrons. The van der Waals surface area contributed by atoms with Crippen molar-refractivity contribution in [1.29, 1.82) is 0 Å². The minimum atomic E-state index is -0.593. The number of carbonyl (C=O) groups is 2. The summed E-state index contributed by atoms with van der Waals surface area (Å²) in [5, 5.41) is 0.520. The van der Waals surface area contributed by atoms with Gasteiger partial charge in [0.2, 0.25) is 5.90 Å². The largest absolute Gasteiger partial charge is 0.497 e. The molecule has 0 saturated heterocycles. The second-order valence-corrected chi connectivity index (χ2v) is 6.94. The van der Waals surface area contributed by atoms with Crippen molar-refractivity contribution in [1.82, 2.24) is 0 Å². The number of hydrogen-bond donors (Lipinski definition) is 0. The molecular formula is C24H16ClNO5. The Morgan fingerprint density at radius 2 is 1.71 bits per heavy atom. The Balaban J connectivity index is 1.59. The quantitative estimate of drug-likeness (QED) is 0.324. The van der Waals surface area contributed by atoms with E-state index in [-0.39, 0.29) is 17.3 Å². The molecule has 0 spiro atoms. The normalized spacial score (nSPS) is 14.2. The van der Waals surface area contributed by atoms with Crippen molar-refractivity contribution in [3.8, 4) is 11.5 Å². The molecule has 0 unspecified atom stereocenters. The van der Waals surface area contributed by atoms with Crippen LogP contribution < -0.4 is 9.47 Å². The van der Waals surface area contributed by atoms with Crippen LogP contribution >= 0.6 is 11.6 Å². The van der Waals surface area contributed by atoms with E-state index in [4.69, 9.17) is 25.8 Å². The summed E-state index contributed by atoms with van der Waals surface area (Å²) in [4.78, 5) is 29.1. The van der Waals surface area contributed by atoms with E-state index < -0.39 is 11.9 Å². The lowest BCUT2D eigenvalue weighted by Gasteiger charge is -2.07. The summed E-state index contributed by atoms with van der Waals surface area (Å²) in [6, 6.07) is 20.2. The van der Waals surface area contributed by atoms with Gasteiger partial charge in [-0.05, 0) is 60.7 Å². The molecule has 0 amide bonds. The highest BCUT2D eigenvalue weighted by Gasteiger charge is 2.24. The predicted molar refractivity (Wildman–Crippen MR) is 116 cm³/mol. The zero-order chi connectivity index (χ0) is 21.8. The van der Waals surface area contributed by atoms with Gasteiger partial charge in [-0.2, -0.15) is 0 Å². The highest BCUT2D eigenvalue weighted by molar-refractivity contribution is 6.30. The maximum absolute atomic E-state index is 12.5. The third-order valence-electron chi connectivity index (χ3n) is 4.45. The van der Waals surface area contributed by atoms with E-state index in [1.807, 2.05) is 0 Å². The van der Waals surface area contributed by atoms with Crippen molar-refractivity contribution in [2.45, 2.75) is 0 Å². The van der Waals surface area contributed by atoms with Crippen LogP contribution in [0.1, 0.15) is 21.5 Å². The number of aliphatic imine (C=N–C) groups is 1. The molecule has 0 fully saturated rings. The van der Waals surface area contributed by atoms with Crippen LogP contribution in [0.25, 0.3) is 6.08 Å². The van der Waals surface area contributed by atoms with Gasteiger partial charge in [-0.3, -0.25) is 0 Å². The number of methoxy groups -OCH3 is 1. The maximum Gasteiger partial charge on any atom is 0.363 e. The van der Waals surface area contributed by atoms with Crippen molar-refractivity contribution < 1.29 is 23.8 Å². The van der Waals surface area contributed by atoms with Gasteiger partial charge in [-0.15, -0.1) is 0 Å². The minimum Gasteiger partial charge on any atom is -0.497 e. The van der Waals surface area contributed by atoms with Crippen LogP contribution in [-0.4, -0.2) is 24.9 Å². The van der Waals surface area contributed by atoms with Crippen LogP contribution in [-0.2, 0) is 9.53 Å². The van der Waals surface area contributed by atoms with E-state index in [0.717, 1.165) is 0 Å². The monoisotopic (exact) mass is 433 g/mol. The highest BCUT2D eigenvalue weighted by atomic mass is 35.5. The average molecular weight is 434 g/mol. The van der Waals surface area contributed by atoms with Gasteiger partial charge in [0.25, 0.3) is 0 Å². The maximum atomic E-state index is 12.5. The first kappa shape index (κ1) is 20.4. The number of benzene rings is 3. The summed E-state index contributed by atoms with van der Waals surface area (Å²) in [6.45, 7) is 0. The molecule has 4 rings (SSSR count). The molecule has 3 aromatic carbocycles. The number of ether oxygens (including phenoxy) is 3. The Hall–Kier alpha value is -3.90. The lowest BCUT2D eigenvalue weighted by Crippen LogP contribution is -2.09. The number of halogens is 1. The molecule has 0 N–H and O–H groups in total. The standard InChI is InChI=1S/C24H16ClNO5/c1-29-19-12-8-15(9-13-19)22-26-20(24(28)31-22)14-17-4-2-3-5-21(17)30-23(27)16-6-10-18(25)11-7-16/h2-14H,1H3/b20-14+. The van der Waals surface area contributed by atoms with Gasteiger partial charge in [0.05, 0.1) is 12.7 Å². The van der Waals surface area contributed by atoms with Gasteiger partial charge in [0, 0.05) is 16.1 Å². The molecule has 31 heavy (non-hydrogen) atoms. The minimum absolute atomic E-state index is 0.0980. The fraction of sp³-hybridized carbons (Fsp3) is 0.0417. The van der Waals surface area contributed by atoms with Crippen LogP contribution in [0.2, 0.25) is 5.02 Å². The van der Waals surface area contributed by atoms with E-state index in [1.165, 1.54) is 6.08 Å². The van der Waals surface area contributed by atoms with Gasteiger partial charge < -0.3 is 14.2 Å². The lowest BCUT2D eigenvalue weighted by atomic mass is 10.1. The fourth-order valence-electron chi connectivity index (χ4n) is 2.85. The van der Waals surface area contributed by atoms with Crippen molar-refractivity contribution in [3.05, 3.63) is 100 Å². The van der Waals surface area contributed by atoms with Gasteiger partial charge in [-0.25, -0.2) is 14.6 Å². The van der Waals surface area contributed by atoms with Crippen LogP contribution in [0.5, 0.6) is 11.5 Å². The summed E-state index contributed by atoms with van der Waals surface area (Å²) < 4.78 is 15.9. The molecule has 0 saturated carbocycles. The van der Waals surface area contributed by atoms with Crippen molar-refractivity contribution in [2.75, 3.05) is 7.11 Å².